The van der Waals surface area contributed by atoms with Crippen molar-refractivity contribution in [2.45, 2.75) is 58.3 Å². The lowest BCUT2D eigenvalue weighted by Crippen LogP contribution is -2.30. The maximum Gasteiger partial charge on any atom is 0.222 e. The van der Waals surface area contributed by atoms with E-state index in [0.717, 1.165) is 18.1 Å². The molecule has 25 heavy (non-hydrogen) atoms. The Kier molecular flexibility index (Phi) is 8.58. The van der Waals surface area contributed by atoms with Gasteiger partial charge in [0.25, 0.3) is 0 Å². The highest BCUT2D eigenvalue weighted by molar-refractivity contribution is 5.75. The van der Waals surface area contributed by atoms with Crippen molar-refractivity contribution >= 4 is 12.0 Å². The first-order chi connectivity index (χ1) is 12.2. The van der Waals surface area contributed by atoms with Crippen LogP contribution >= 0.6 is 0 Å². The van der Waals surface area contributed by atoms with E-state index in [0.29, 0.717) is 19.6 Å². The maximum absolute atomic E-state index is 12.2. The third-order valence-electron chi connectivity index (χ3n) is 5.09. The highest BCUT2D eigenvalue weighted by Gasteiger charge is 2.15. The van der Waals surface area contributed by atoms with E-state index in [4.69, 9.17) is 4.74 Å². The van der Waals surface area contributed by atoms with Gasteiger partial charge in [0.15, 0.2) is 0 Å². The Bertz CT molecular complexity index is 529. The summed E-state index contributed by atoms with van der Waals surface area (Å²) in [4.78, 5) is 14.0. The van der Waals surface area contributed by atoms with Crippen molar-refractivity contribution in [3.05, 3.63) is 35.9 Å². The topological polar surface area (TPSA) is 29.5 Å². The third kappa shape index (κ3) is 7.33. The molecule has 1 aliphatic rings. The van der Waals surface area contributed by atoms with Crippen LogP contribution in [0.1, 0.15) is 63.9 Å². The van der Waals surface area contributed by atoms with Crippen LogP contribution in [0.5, 0.6) is 5.75 Å². The number of allylic oxidation sites excluding steroid dienone is 1. The van der Waals surface area contributed by atoms with Crippen LogP contribution in [-0.2, 0) is 4.79 Å². The van der Waals surface area contributed by atoms with Crippen LogP contribution in [0.4, 0.5) is 0 Å². The first-order valence-electron chi connectivity index (χ1n) is 9.78. The molecule has 1 aliphatic carbocycles. The van der Waals surface area contributed by atoms with Crippen LogP contribution in [0.3, 0.4) is 0 Å². The van der Waals surface area contributed by atoms with Gasteiger partial charge >= 0.3 is 0 Å². The average molecular weight is 344 g/mol. The van der Waals surface area contributed by atoms with Gasteiger partial charge in [-0.3, -0.25) is 4.79 Å². The van der Waals surface area contributed by atoms with E-state index in [1.807, 2.05) is 44.3 Å². The van der Waals surface area contributed by atoms with Crippen LogP contribution in [0.2, 0.25) is 0 Å². The fraction of sp³-hybridized carbons (Fsp3) is 0.591. The molecule has 1 fully saturated rings. The summed E-state index contributed by atoms with van der Waals surface area (Å²) >= 11 is 0. The molecule has 1 aromatic carbocycles. The van der Waals surface area contributed by atoms with Crippen LogP contribution in [0.15, 0.2) is 30.3 Å². The lowest BCUT2D eigenvalue weighted by molar-refractivity contribution is -0.130. The number of carbonyl (C=O) groups excluding carboxylic acids is 1. The number of hydrogen-bond acceptors (Lipinski definition) is 2. The maximum atomic E-state index is 12.2. The zero-order valence-corrected chi connectivity index (χ0v) is 15.9. The van der Waals surface area contributed by atoms with Crippen LogP contribution in [-0.4, -0.2) is 31.0 Å². The van der Waals surface area contributed by atoms with Gasteiger partial charge in [0.2, 0.25) is 5.91 Å². The molecule has 0 aromatic heterocycles. The summed E-state index contributed by atoms with van der Waals surface area (Å²) in [6.07, 6.45) is 13.9. The number of carbonyl (C=O) groups is 1. The molecule has 3 nitrogen and oxygen atoms in total. The zero-order valence-electron chi connectivity index (χ0n) is 15.9. The molecule has 0 radical (unpaired) electrons. The molecule has 0 spiro atoms. The fourth-order valence-corrected chi connectivity index (χ4v) is 3.49. The molecular formula is C22H33NO2. The molecule has 1 saturated carbocycles. The summed E-state index contributed by atoms with van der Waals surface area (Å²) < 4.78 is 5.74. The SMILES string of the molecule is C/C=C/c1ccc(OCCN(C)C(=O)CCCCC2CCCC2)cc1. The van der Waals surface area contributed by atoms with Crippen molar-refractivity contribution in [1.29, 1.82) is 0 Å². The van der Waals surface area contributed by atoms with Gasteiger partial charge in [0.05, 0.1) is 6.54 Å². The zero-order chi connectivity index (χ0) is 17.9. The molecule has 2 rings (SSSR count). The summed E-state index contributed by atoms with van der Waals surface area (Å²) in [6.45, 7) is 3.18. The molecule has 0 saturated heterocycles. The van der Waals surface area contributed by atoms with Gasteiger partial charge < -0.3 is 9.64 Å². The van der Waals surface area contributed by atoms with Crippen molar-refractivity contribution in [1.82, 2.24) is 4.90 Å². The van der Waals surface area contributed by atoms with E-state index in [1.54, 1.807) is 4.90 Å². The predicted octanol–water partition coefficient (Wildman–Crippen LogP) is 5.31. The smallest absolute Gasteiger partial charge is 0.222 e. The van der Waals surface area contributed by atoms with Gasteiger partial charge in [-0.1, -0.05) is 62.8 Å². The predicted molar refractivity (Wildman–Crippen MR) is 105 cm³/mol. The highest BCUT2D eigenvalue weighted by atomic mass is 16.5. The third-order valence-corrected chi connectivity index (χ3v) is 5.09. The summed E-state index contributed by atoms with van der Waals surface area (Å²) in [5, 5.41) is 0. The van der Waals surface area contributed by atoms with E-state index < -0.39 is 0 Å². The van der Waals surface area contributed by atoms with Crippen molar-refractivity contribution in [2.24, 2.45) is 5.92 Å². The normalized spacial score (nSPS) is 15.0. The largest absolute Gasteiger partial charge is 0.492 e. The van der Waals surface area contributed by atoms with Gasteiger partial charge in [-0.15, -0.1) is 0 Å². The number of unbranched alkanes of at least 4 members (excludes halogenated alkanes) is 1. The van der Waals surface area contributed by atoms with E-state index >= 15 is 0 Å². The van der Waals surface area contributed by atoms with Gasteiger partial charge in [-0.2, -0.15) is 0 Å². The average Bonchev–Trinajstić information content (AvgIpc) is 3.13. The van der Waals surface area contributed by atoms with Crippen molar-refractivity contribution in [3.8, 4) is 5.75 Å². The molecule has 0 aliphatic heterocycles. The van der Waals surface area contributed by atoms with E-state index in [9.17, 15) is 4.79 Å². The second-order valence-corrected chi connectivity index (χ2v) is 7.13. The number of amides is 1. The summed E-state index contributed by atoms with van der Waals surface area (Å²) in [7, 11) is 1.87. The van der Waals surface area contributed by atoms with Gasteiger partial charge in [-0.05, 0) is 37.0 Å². The second-order valence-electron chi connectivity index (χ2n) is 7.13. The number of hydrogen-bond donors (Lipinski definition) is 0. The molecule has 0 bridgehead atoms. The lowest BCUT2D eigenvalue weighted by Gasteiger charge is -2.18. The highest BCUT2D eigenvalue weighted by Crippen LogP contribution is 2.29. The minimum absolute atomic E-state index is 0.235. The Morgan fingerprint density at radius 2 is 1.92 bits per heavy atom. The Morgan fingerprint density at radius 1 is 1.20 bits per heavy atom. The molecule has 138 valence electrons. The quantitative estimate of drug-likeness (QED) is 0.539. The molecule has 3 heteroatoms. The van der Waals surface area contributed by atoms with Crippen LogP contribution < -0.4 is 4.74 Å². The Hall–Kier alpha value is -1.77. The molecular weight excluding hydrogens is 310 g/mol. The molecule has 0 N–H and O–H groups in total. The van der Waals surface area contributed by atoms with Crippen LogP contribution in [0.25, 0.3) is 6.08 Å². The first-order valence-corrected chi connectivity index (χ1v) is 9.78. The number of rotatable bonds is 10. The van der Waals surface area contributed by atoms with Gasteiger partial charge in [-0.25, -0.2) is 0 Å². The van der Waals surface area contributed by atoms with Gasteiger partial charge in [0.1, 0.15) is 12.4 Å². The standard InChI is InChI=1S/C22H33NO2/c1-3-8-19-13-15-21(16-14-19)25-18-17-23(2)22(24)12-7-6-11-20-9-4-5-10-20/h3,8,13-16,20H,4-7,9-12,17-18H2,1-2H3/b8-3+. The minimum Gasteiger partial charge on any atom is -0.492 e. The Balaban J connectivity index is 1.57. The Morgan fingerprint density at radius 3 is 2.60 bits per heavy atom. The lowest BCUT2D eigenvalue weighted by atomic mass is 10.00. The van der Waals surface area contributed by atoms with Crippen molar-refractivity contribution in [2.75, 3.05) is 20.2 Å². The minimum atomic E-state index is 0.235. The summed E-state index contributed by atoms with van der Waals surface area (Å²) in [5.41, 5.74) is 1.17. The number of benzene rings is 1. The fourth-order valence-electron chi connectivity index (χ4n) is 3.49. The number of ether oxygens (including phenoxy) is 1. The summed E-state index contributed by atoms with van der Waals surface area (Å²) in [6, 6.07) is 8.02. The summed E-state index contributed by atoms with van der Waals surface area (Å²) in [5.74, 6) is 2.02. The molecule has 1 aromatic rings. The van der Waals surface area contributed by atoms with E-state index in [2.05, 4.69) is 6.08 Å². The monoisotopic (exact) mass is 343 g/mol. The molecule has 1 amide bonds. The molecule has 0 unspecified atom stereocenters. The second kappa shape index (κ2) is 11.0. The van der Waals surface area contributed by atoms with E-state index in [-0.39, 0.29) is 5.91 Å². The number of nitrogens with zero attached hydrogens (tertiary/aromatic N) is 1. The number of likely N-dealkylation sites (N-methyl/N-ethyl adjacent to an activating group) is 1. The van der Waals surface area contributed by atoms with Crippen LogP contribution in [0, 0.1) is 5.92 Å². The van der Waals surface area contributed by atoms with E-state index in [1.165, 1.54) is 44.1 Å². The first kappa shape index (κ1) is 19.6. The van der Waals surface area contributed by atoms with Gasteiger partial charge in [0, 0.05) is 13.5 Å². The molecule has 0 heterocycles. The van der Waals surface area contributed by atoms with Crippen molar-refractivity contribution < 1.29 is 9.53 Å². The molecule has 0 atom stereocenters. The Labute approximate surface area is 153 Å². The van der Waals surface area contributed by atoms with Crippen molar-refractivity contribution in [3.63, 3.8) is 0 Å².